The molecule has 0 spiro atoms. The highest BCUT2D eigenvalue weighted by atomic mass is 16.5. The molecule has 3 rings (SSSR count). The Hall–Kier alpha value is -4.09. The number of nitrogens with one attached hydrogen (secondary N) is 1. The van der Waals surface area contributed by atoms with Crippen molar-refractivity contribution in [1.29, 1.82) is 0 Å². The third-order valence-electron chi connectivity index (χ3n) is 6.01. The number of carbonyl (C=O) groups excluding carboxylic acids is 3. The average Bonchev–Trinajstić information content (AvgIpc) is 2.86. The van der Waals surface area contributed by atoms with Crippen molar-refractivity contribution in [2.24, 2.45) is 0 Å². The molecule has 0 aliphatic carbocycles. The molecule has 1 aliphatic heterocycles. The topological polar surface area (TPSA) is 166 Å². The molecule has 0 bridgehead atoms. The third kappa shape index (κ3) is 7.21. The summed E-state index contributed by atoms with van der Waals surface area (Å²) < 4.78 is 9.97. The van der Waals surface area contributed by atoms with Gasteiger partial charge in [-0.1, -0.05) is 0 Å². The first-order valence-corrected chi connectivity index (χ1v) is 12.4. The maximum atomic E-state index is 12.8. The van der Waals surface area contributed by atoms with Crippen molar-refractivity contribution in [1.82, 2.24) is 15.3 Å². The van der Waals surface area contributed by atoms with Gasteiger partial charge in [0.15, 0.2) is 5.82 Å². The van der Waals surface area contributed by atoms with E-state index in [-0.39, 0.29) is 32.0 Å². The molecule has 12 nitrogen and oxygen atoms in total. The van der Waals surface area contributed by atoms with Gasteiger partial charge in [-0.15, -0.1) is 0 Å². The lowest BCUT2D eigenvalue weighted by Crippen LogP contribution is -2.47. The number of carbonyl (C=O) groups is 3. The van der Waals surface area contributed by atoms with Gasteiger partial charge in [0.1, 0.15) is 11.7 Å². The lowest BCUT2D eigenvalue weighted by Gasteiger charge is -2.38. The largest absolute Gasteiger partial charge is 0.466 e. The van der Waals surface area contributed by atoms with E-state index in [9.17, 15) is 14.4 Å². The van der Waals surface area contributed by atoms with Crippen LogP contribution in [0.5, 0.6) is 0 Å². The number of esters is 2. The molecule has 1 aliphatic rings. The summed E-state index contributed by atoms with van der Waals surface area (Å²) >= 11 is 0. The highest BCUT2D eigenvalue weighted by Crippen LogP contribution is 2.27. The lowest BCUT2D eigenvalue weighted by molar-refractivity contribution is -0.146. The minimum Gasteiger partial charge on any atom is -0.466 e. The van der Waals surface area contributed by atoms with Gasteiger partial charge < -0.3 is 36.1 Å². The van der Waals surface area contributed by atoms with Gasteiger partial charge in [-0.3, -0.25) is 9.59 Å². The average molecular weight is 514 g/mol. The number of piperazine rings is 1. The molecule has 2 heterocycles. The van der Waals surface area contributed by atoms with Gasteiger partial charge in [-0.25, -0.2) is 9.78 Å². The van der Waals surface area contributed by atoms with Crippen LogP contribution in [-0.2, 0) is 19.1 Å². The van der Waals surface area contributed by atoms with E-state index in [0.717, 1.165) is 43.2 Å². The van der Waals surface area contributed by atoms with Crippen molar-refractivity contribution >= 4 is 41.0 Å². The van der Waals surface area contributed by atoms with Crippen molar-refractivity contribution in [3.63, 3.8) is 0 Å². The number of nitrogens with two attached hydrogens (primary N) is 2. The highest BCUT2D eigenvalue weighted by molar-refractivity contribution is 5.97. The Morgan fingerprint density at radius 1 is 0.973 bits per heavy atom. The molecule has 1 saturated heterocycles. The number of nitrogen functional groups attached to an aromatic ring is 2. The zero-order valence-corrected chi connectivity index (χ0v) is 21.5. The van der Waals surface area contributed by atoms with Crippen LogP contribution < -0.4 is 26.6 Å². The van der Waals surface area contributed by atoms with Crippen LogP contribution in [0.15, 0.2) is 24.3 Å². The van der Waals surface area contributed by atoms with Gasteiger partial charge in [0.25, 0.3) is 5.91 Å². The molecule has 1 aromatic heterocycles. The minimum atomic E-state index is -0.946. The molecule has 2 aromatic rings. The lowest BCUT2D eigenvalue weighted by atomic mass is 10.1. The van der Waals surface area contributed by atoms with Gasteiger partial charge >= 0.3 is 11.9 Å². The van der Waals surface area contributed by atoms with Crippen molar-refractivity contribution < 1.29 is 23.9 Å². The number of aromatic nitrogens is 2. The molecule has 12 heteroatoms. The Kier molecular flexibility index (Phi) is 9.47. The Labute approximate surface area is 216 Å². The molecule has 1 atom stereocenters. The smallest absolute Gasteiger partial charge is 0.328 e. The summed E-state index contributed by atoms with van der Waals surface area (Å²) in [4.78, 5) is 49.5. The van der Waals surface area contributed by atoms with E-state index >= 15 is 0 Å². The van der Waals surface area contributed by atoms with Crippen LogP contribution in [0, 0.1) is 6.92 Å². The molecule has 37 heavy (non-hydrogen) atoms. The number of ether oxygens (including phenoxy) is 2. The van der Waals surface area contributed by atoms with Crippen molar-refractivity contribution in [2.75, 3.05) is 60.7 Å². The van der Waals surface area contributed by atoms with Gasteiger partial charge in [0, 0.05) is 43.9 Å². The summed E-state index contributed by atoms with van der Waals surface area (Å²) in [5.74, 6) is -0.909. The standard InChI is InChI=1S/C25H35N7O5/c1-4-36-20(33)11-10-19(24(35)37-5-2)29-23(34)17-6-8-18(9-7-17)31-12-14-32(15-13-31)21-16(3)28-25(27)30-22(21)26/h6-9,19H,4-5,10-15H2,1-3H3,(H,29,34)(H4,26,27,28,30)/t19-/m0/s1. The van der Waals surface area contributed by atoms with Gasteiger partial charge in [-0.2, -0.15) is 4.98 Å². The zero-order valence-electron chi connectivity index (χ0n) is 21.5. The maximum absolute atomic E-state index is 12.8. The number of hydrogen-bond acceptors (Lipinski definition) is 11. The summed E-state index contributed by atoms with van der Waals surface area (Å²) in [6, 6.07) is 6.21. The van der Waals surface area contributed by atoms with E-state index in [1.165, 1.54) is 0 Å². The fraction of sp³-hybridized carbons (Fsp3) is 0.480. The normalized spacial score (nSPS) is 14.1. The molecule has 1 aromatic carbocycles. The van der Waals surface area contributed by atoms with Crippen LogP contribution in [0.1, 0.15) is 42.7 Å². The van der Waals surface area contributed by atoms with Crippen LogP contribution >= 0.6 is 0 Å². The summed E-state index contributed by atoms with van der Waals surface area (Å²) in [6.45, 7) is 8.61. The summed E-state index contributed by atoms with van der Waals surface area (Å²) in [5.41, 5.74) is 14.7. The van der Waals surface area contributed by atoms with Gasteiger partial charge in [-0.05, 0) is 51.5 Å². The van der Waals surface area contributed by atoms with Crippen molar-refractivity contribution in [3.8, 4) is 0 Å². The van der Waals surface area contributed by atoms with Gasteiger partial charge in [0.05, 0.1) is 18.9 Å². The summed E-state index contributed by atoms with van der Waals surface area (Å²) in [5, 5.41) is 2.68. The van der Waals surface area contributed by atoms with Gasteiger partial charge in [0.2, 0.25) is 5.95 Å². The van der Waals surface area contributed by atoms with E-state index in [1.54, 1.807) is 26.0 Å². The predicted molar refractivity (Wildman–Crippen MR) is 140 cm³/mol. The predicted octanol–water partition coefficient (Wildman–Crippen LogP) is 1.28. The highest BCUT2D eigenvalue weighted by Gasteiger charge is 2.25. The van der Waals surface area contributed by atoms with Crippen molar-refractivity contribution in [3.05, 3.63) is 35.5 Å². The molecule has 1 amide bonds. The number of anilines is 4. The van der Waals surface area contributed by atoms with E-state index in [2.05, 4.69) is 25.1 Å². The fourth-order valence-electron chi connectivity index (χ4n) is 4.24. The molecule has 0 radical (unpaired) electrons. The first-order valence-electron chi connectivity index (χ1n) is 12.4. The first-order chi connectivity index (χ1) is 17.7. The molecule has 200 valence electrons. The summed E-state index contributed by atoms with van der Waals surface area (Å²) in [7, 11) is 0. The molecular weight excluding hydrogens is 478 g/mol. The third-order valence-corrected chi connectivity index (χ3v) is 6.01. The second-order valence-corrected chi connectivity index (χ2v) is 8.54. The number of aryl methyl sites for hydroxylation is 1. The Balaban J connectivity index is 1.60. The van der Waals surface area contributed by atoms with Crippen LogP contribution in [-0.4, -0.2) is 73.2 Å². The second-order valence-electron chi connectivity index (χ2n) is 8.54. The maximum Gasteiger partial charge on any atom is 0.328 e. The molecule has 0 unspecified atom stereocenters. The van der Waals surface area contributed by atoms with E-state index in [0.29, 0.717) is 11.4 Å². The fourth-order valence-corrected chi connectivity index (χ4v) is 4.24. The number of hydrogen-bond donors (Lipinski definition) is 3. The quantitative estimate of drug-likeness (QED) is 0.392. The van der Waals surface area contributed by atoms with Crippen LogP contribution in [0.4, 0.5) is 23.1 Å². The van der Waals surface area contributed by atoms with E-state index in [1.807, 2.05) is 19.1 Å². The minimum absolute atomic E-state index is 0.00379. The van der Waals surface area contributed by atoms with Crippen LogP contribution in [0.3, 0.4) is 0 Å². The number of benzene rings is 1. The molecule has 0 saturated carbocycles. The van der Waals surface area contributed by atoms with Crippen molar-refractivity contribution in [2.45, 2.75) is 39.7 Å². The monoisotopic (exact) mass is 513 g/mol. The molecule has 1 fully saturated rings. The summed E-state index contributed by atoms with van der Waals surface area (Å²) in [6.07, 6.45) is 0.0883. The first kappa shape index (κ1) is 27.5. The van der Waals surface area contributed by atoms with Crippen LogP contribution in [0.25, 0.3) is 0 Å². The molecule has 5 N–H and O–H groups in total. The number of nitrogens with zero attached hydrogens (tertiary/aromatic N) is 4. The number of amides is 1. The van der Waals surface area contributed by atoms with E-state index < -0.39 is 23.9 Å². The Bertz CT molecular complexity index is 1080. The van der Waals surface area contributed by atoms with E-state index in [4.69, 9.17) is 20.9 Å². The Morgan fingerprint density at radius 2 is 1.59 bits per heavy atom. The molecular formula is C25H35N7O5. The zero-order chi connectivity index (χ0) is 26.9. The second kappa shape index (κ2) is 12.7. The Morgan fingerprint density at radius 3 is 2.19 bits per heavy atom. The SMILES string of the molecule is CCOC(=O)CC[C@H](NC(=O)c1ccc(N2CCN(c3c(C)nc(N)nc3N)CC2)cc1)C(=O)OCC. The number of rotatable bonds is 10. The van der Waals surface area contributed by atoms with Crippen LogP contribution in [0.2, 0.25) is 0 Å².